The summed E-state index contributed by atoms with van der Waals surface area (Å²) < 4.78 is 5.08. The van der Waals surface area contributed by atoms with E-state index >= 15 is 0 Å². The summed E-state index contributed by atoms with van der Waals surface area (Å²) in [6.45, 7) is 3.06. The zero-order valence-corrected chi connectivity index (χ0v) is 12.3. The second-order valence-corrected chi connectivity index (χ2v) is 5.39. The third-order valence-corrected chi connectivity index (χ3v) is 3.75. The Morgan fingerprint density at radius 3 is 2.85 bits per heavy atom. The number of nitrogens with zero attached hydrogens (tertiary/aromatic N) is 2. The highest BCUT2D eigenvalue weighted by molar-refractivity contribution is 5.95. The average molecular weight is 277 g/mol. The summed E-state index contributed by atoms with van der Waals surface area (Å²) in [4.78, 5) is 18.4. The van der Waals surface area contributed by atoms with Gasteiger partial charge in [-0.1, -0.05) is 12.8 Å². The summed E-state index contributed by atoms with van der Waals surface area (Å²) in [7, 11) is 1.97. The van der Waals surface area contributed by atoms with Gasteiger partial charge >= 0.3 is 5.97 Å². The number of aromatic nitrogens is 1. The fourth-order valence-electron chi connectivity index (χ4n) is 2.80. The maximum absolute atomic E-state index is 12.0. The number of carbonyl (C=O) groups is 1. The van der Waals surface area contributed by atoms with Gasteiger partial charge in [-0.3, -0.25) is 0 Å². The van der Waals surface area contributed by atoms with Crippen LogP contribution in [0, 0.1) is 5.92 Å². The predicted octanol–water partition coefficient (Wildman–Crippen LogP) is 2.47. The van der Waals surface area contributed by atoms with Crippen molar-refractivity contribution in [3.8, 4) is 0 Å². The van der Waals surface area contributed by atoms with Crippen LogP contribution in [0.25, 0.3) is 0 Å². The average Bonchev–Trinajstić information content (AvgIpc) is 2.91. The van der Waals surface area contributed by atoms with E-state index in [1.54, 1.807) is 19.2 Å². The molecule has 1 aromatic rings. The van der Waals surface area contributed by atoms with Gasteiger partial charge in [-0.15, -0.1) is 0 Å². The van der Waals surface area contributed by atoms with E-state index in [0.717, 1.165) is 6.54 Å². The Hall–Kier alpha value is -1.78. The van der Waals surface area contributed by atoms with Gasteiger partial charge in [0, 0.05) is 13.6 Å². The van der Waals surface area contributed by atoms with Crippen molar-refractivity contribution >= 4 is 17.5 Å². The van der Waals surface area contributed by atoms with E-state index in [9.17, 15) is 4.79 Å². The highest BCUT2D eigenvalue weighted by atomic mass is 16.5. The van der Waals surface area contributed by atoms with Crippen LogP contribution in [-0.2, 0) is 4.74 Å². The Kier molecular flexibility index (Phi) is 4.82. The number of carbonyl (C=O) groups excluding carboxylic acids is 1. The van der Waals surface area contributed by atoms with E-state index in [0.29, 0.717) is 29.6 Å². The molecule has 2 N–H and O–H groups in total. The molecule has 0 radical (unpaired) electrons. The summed E-state index contributed by atoms with van der Waals surface area (Å²) >= 11 is 0. The van der Waals surface area contributed by atoms with E-state index in [-0.39, 0.29) is 5.97 Å². The van der Waals surface area contributed by atoms with Crippen molar-refractivity contribution in [2.75, 3.05) is 30.8 Å². The summed E-state index contributed by atoms with van der Waals surface area (Å²) in [6.07, 6.45) is 6.71. The van der Waals surface area contributed by atoms with Gasteiger partial charge in [0.1, 0.15) is 11.4 Å². The molecule has 110 valence electrons. The lowest BCUT2D eigenvalue weighted by molar-refractivity contribution is 0.0526. The molecule has 1 fully saturated rings. The predicted molar refractivity (Wildman–Crippen MR) is 79.8 cm³/mol. The number of esters is 1. The normalized spacial score (nSPS) is 15.3. The first kappa shape index (κ1) is 14.6. The molecule has 1 aliphatic carbocycles. The SMILES string of the molecule is CCOC(=O)c1cc(N)cnc1N(C)CC1CCCC1. The van der Waals surface area contributed by atoms with Crippen LogP contribution in [0.2, 0.25) is 0 Å². The molecule has 20 heavy (non-hydrogen) atoms. The Labute approximate surface area is 120 Å². The molecule has 0 saturated heterocycles. The van der Waals surface area contributed by atoms with Crippen LogP contribution in [-0.4, -0.2) is 31.2 Å². The molecule has 0 amide bonds. The molecule has 0 aromatic carbocycles. The van der Waals surface area contributed by atoms with Gasteiger partial charge < -0.3 is 15.4 Å². The summed E-state index contributed by atoms with van der Waals surface area (Å²) in [5.41, 5.74) is 6.67. The van der Waals surface area contributed by atoms with Crippen LogP contribution >= 0.6 is 0 Å². The van der Waals surface area contributed by atoms with Crippen LogP contribution in [0.5, 0.6) is 0 Å². The largest absolute Gasteiger partial charge is 0.462 e. The van der Waals surface area contributed by atoms with E-state index in [1.807, 2.05) is 11.9 Å². The zero-order valence-electron chi connectivity index (χ0n) is 12.3. The molecule has 1 saturated carbocycles. The van der Waals surface area contributed by atoms with Crippen molar-refractivity contribution < 1.29 is 9.53 Å². The van der Waals surface area contributed by atoms with Crippen molar-refractivity contribution in [2.45, 2.75) is 32.6 Å². The van der Waals surface area contributed by atoms with Crippen molar-refractivity contribution in [3.63, 3.8) is 0 Å². The molecule has 0 atom stereocenters. The Morgan fingerprint density at radius 1 is 1.50 bits per heavy atom. The van der Waals surface area contributed by atoms with Crippen LogP contribution in [0.15, 0.2) is 12.3 Å². The fourth-order valence-corrected chi connectivity index (χ4v) is 2.80. The molecule has 1 heterocycles. The molecule has 0 spiro atoms. The van der Waals surface area contributed by atoms with Crippen LogP contribution in [0.4, 0.5) is 11.5 Å². The molecule has 0 unspecified atom stereocenters. The van der Waals surface area contributed by atoms with Crippen LogP contribution in [0.1, 0.15) is 43.0 Å². The van der Waals surface area contributed by atoms with Gasteiger partial charge in [0.15, 0.2) is 0 Å². The molecular formula is C15H23N3O2. The van der Waals surface area contributed by atoms with Gasteiger partial charge in [0.05, 0.1) is 18.5 Å². The molecule has 2 rings (SSSR count). The molecule has 5 nitrogen and oxygen atoms in total. The van der Waals surface area contributed by atoms with Gasteiger partial charge in [-0.25, -0.2) is 9.78 Å². The lowest BCUT2D eigenvalue weighted by Crippen LogP contribution is -2.27. The Balaban J connectivity index is 2.18. The van der Waals surface area contributed by atoms with Crippen molar-refractivity contribution in [1.82, 2.24) is 4.98 Å². The second-order valence-electron chi connectivity index (χ2n) is 5.39. The van der Waals surface area contributed by atoms with Gasteiger partial charge in [0.2, 0.25) is 0 Å². The topological polar surface area (TPSA) is 68.5 Å². The quantitative estimate of drug-likeness (QED) is 0.837. The van der Waals surface area contributed by atoms with Crippen LogP contribution in [0.3, 0.4) is 0 Å². The third kappa shape index (κ3) is 3.40. The third-order valence-electron chi connectivity index (χ3n) is 3.75. The first-order valence-electron chi connectivity index (χ1n) is 7.25. The zero-order chi connectivity index (χ0) is 14.5. The fraction of sp³-hybridized carbons (Fsp3) is 0.600. The number of rotatable bonds is 5. The Morgan fingerprint density at radius 2 is 2.20 bits per heavy atom. The minimum Gasteiger partial charge on any atom is -0.462 e. The minimum atomic E-state index is -0.361. The van der Waals surface area contributed by atoms with Crippen molar-refractivity contribution in [1.29, 1.82) is 0 Å². The molecule has 5 heteroatoms. The highest BCUT2D eigenvalue weighted by Gasteiger charge is 2.21. The second kappa shape index (κ2) is 6.59. The monoisotopic (exact) mass is 277 g/mol. The highest BCUT2D eigenvalue weighted by Crippen LogP contribution is 2.28. The van der Waals surface area contributed by atoms with Crippen molar-refractivity contribution in [2.24, 2.45) is 5.92 Å². The molecular weight excluding hydrogens is 254 g/mol. The summed E-state index contributed by atoms with van der Waals surface area (Å²) in [5, 5.41) is 0. The van der Waals surface area contributed by atoms with Crippen molar-refractivity contribution in [3.05, 3.63) is 17.8 Å². The first-order valence-corrected chi connectivity index (χ1v) is 7.25. The Bertz CT molecular complexity index is 470. The molecule has 0 aliphatic heterocycles. The lowest BCUT2D eigenvalue weighted by atomic mass is 10.1. The van der Waals surface area contributed by atoms with E-state index in [1.165, 1.54) is 25.7 Å². The molecule has 0 bridgehead atoms. The van der Waals surface area contributed by atoms with E-state index < -0.39 is 0 Å². The minimum absolute atomic E-state index is 0.347. The number of nitrogens with two attached hydrogens (primary N) is 1. The summed E-state index contributed by atoms with van der Waals surface area (Å²) in [6, 6.07) is 1.64. The maximum Gasteiger partial charge on any atom is 0.341 e. The smallest absolute Gasteiger partial charge is 0.341 e. The number of ether oxygens (including phenoxy) is 1. The maximum atomic E-state index is 12.0. The summed E-state index contributed by atoms with van der Waals surface area (Å²) in [5.74, 6) is 0.986. The number of pyridine rings is 1. The lowest BCUT2D eigenvalue weighted by Gasteiger charge is -2.23. The first-order chi connectivity index (χ1) is 9.61. The van der Waals surface area contributed by atoms with Gasteiger partial charge in [-0.2, -0.15) is 0 Å². The van der Waals surface area contributed by atoms with E-state index in [4.69, 9.17) is 10.5 Å². The number of nitrogen functional groups attached to an aromatic ring is 1. The van der Waals surface area contributed by atoms with Gasteiger partial charge in [0.25, 0.3) is 0 Å². The van der Waals surface area contributed by atoms with Crippen LogP contribution < -0.4 is 10.6 Å². The number of anilines is 2. The molecule has 1 aliphatic rings. The van der Waals surface area contributed by atoms with Gasteiger partial charge in [-0.05, 0) is 31.7 Å². The standard InChI is InChI=1S/C15H23N3O2/c1-3-20-15(19)13-8-12(16)9-17-14(13)18(2)10-11-6-4-5-7-11/h8-9,11H,3-7,10,16H2,1-2H3. The van der Waals surface area contributed by atoms with E-state index in [2.05, 4.69) is 4.98 Å². The number of hydrogen-bond donors (Lipinski definition) is 1. The molecule has 1 aromatic heterocycles. The number of hydrogen-bond acceptors (Lipinski definition) is 5.